The molecule has 5 nitrogen and oxygen atoms in total. The molecule has 0 atom stereocenters. The van der Waals surface area contributed by atoms with Gasteiger partial charge in [0.05, 0.1) is 39.5 Å². The Morgan fingerprint density at radius 1 is 0.875 bits per heavy atom. The van der Waals surface area contributed by atoms with E-state index in [9.17, 15) is 13.2 Å². The lowest BCUT2D eigenvalue weighted by molar-refractivity contribution is -0.137. The van der Waals surface area contributed by atoms with Crippen molar-refractivity contribution >= 4 is 44.2 Å². The summed E-state index contributed by atoms with van der Waals surface area (Å²) in [5.74, 6) is 1.56. The first-order chi connectivity index (χ1) is 19.4. The van der Waals surface area contributed by atoms with E-state index in [4.69, 9.17) is 19.4 Å². The molecule has 200 valence electrons. The molecule has 9 heteroatoms. The van der Waals surface area contributed by atoms with Gasteiger partial charge in [-0.3, -0.25) is 0 Å². The molecule has 0 saturated carbocycles. The summed E-state index contributed by atoms with van der Waals surface area (Å²) in [4.78, 5) is 13.1. The summed E-state index contributed by atoms with van der Waals surface area (Å²) in [6.07, 6.45) is -2.43. The van der Waals surface area contributed by atoms with E-state index in [1.807, 2.05) is 66.7 Å². The first kappa shape index (κ1) is 25.6. The summed E-state index contributed by atoms with van der Waals surface area (Å²) in [5.41, 5.74) is 3.99. The Labute approximate surface area is 231 Å². The SMILES string of the molecule is COc1cc(/C=C(/c2nc3ccccc3[nH]2)c2nc3ccccc3s2)ccc1OCc1cccc(C(F)(F)F)c1. The average molecular weight is 558 g/mol. The van der Waals surface area contributed by atoms with Crippen LogP contribution in [-0.2, 0) is 12.8 Å². The second-order valence-corrected chi connectivity index (χ2v) is 10.1. The molecular formula is C31H22F3N3O2S. The zero-order valence-electron chi connectivity index (χ0n) is 21.2. The number of H-pyrrole nitrogens is 1. The van der Waals surface area contributed by atoms with Crippen molar-refractivity contribution in [2.45, 2.75) is 12.8 Å². The van der Waals surface area contributed by atoms with Crippen LogP contribution >= 0.6 is 11.3 Å². The van der Waals surface area contributed by atoms with Crippen molar-refractivity contribution in [1.29, 1.82) is 0 Å². The Balaban J connectivity index is 1.35. The van der Waals surface area contributed by atoms with Crippen LogP contribution in [0.1, 0.15) is 27.5 Å². The molecule has 0 aliphatic rings. The van der Waals surface area contributed by atoms with Gasteiger partial charge in [-0.25, -0.2) is 9.97 Å². The van der Waals surface area contributed by atoms with Gasteiger partial charge in [0.25, 0.3) is 0 Å². The summed E-state index contributed by atoms with van der Waals surface area (Å²) >= 11 is 1.58. The van der Waals surface area contributed by atoms with E-state index in [2.05, 4.69) is 4.98 Å². The summed E-state index contributed by atoms with van der Waals surface area (Å²) in [5, 5.41) is 0.809. The Bertz CT molecular complexity index is 1710. The molecule has 2 aromatic heterocycles. The molecule has 0 bridgehead atoms. The number of hydrogen-bond donors (Lipinski definition) is 1. The molecular weight excluding hydrogens is 535 g/mol. The lowest BCUT2D eigenvalue weighted by Gasteiger charge is -2.13. The minimum Gasteiger partial charge on any atom is -0.493 e. The van der Waals surface area contributed by atoms with Gasteiger partial charge in [0.1, 0.15) is 17.4 Å². The van der Waals surface area contributed by atoms with E-state index in [1.54, 1.807) is 23.5 Å². The predicted octanol–water partition coefficient (Wildman–Crippen LogP) is 8.37. The standard InChI is InChI=1S/C31H22F3N3O2S/c1-38-27-17-19(13-14-26(27)39-18-20-7-6-8-21(15-20)31(32,33)34)16-22(29-35-23-9-2-3-10-24(23)36-29)30-37-25-11-4-5-12-28(25)40-30/h2-17H,18H2,1H3,(H,35,36)/b22-16-. The molecule has 1 N–H and O–H groups in total. The minimum atomic E-state index is -4.41. The molecule has 6 rings (SSSR count). The fourth-order valence-corrected chi connectivity index (χ4v) is 5.34. The Hall–Kier alpha value is -4.63. The number of aromatic amines is 1. The molecule has 40 heavy (non-hydrogen) atoms. The van der Waals surface area contributed by atoms with E-state index in [-0.39, 0.29) is 6.61 Å². The number of rotatable bonds is 7. The molecule has 0 aliphatic carbocycles. The topological polar surface area (TPSA) is 60.0 Å². The number of nitrogens with zero attached hydrogens (tertiary/aromatic N) is 2. The van der Waals surface area contributed by atoms with E-state index >= 15 is 0 Å². The number of halogens is 3. The lowest BCUT2D eigenvalue weighted by Crippen LogP contribution is -2.06. The number of alkyl halides is 3. The van der Waals surface area contributed by atoms with Crippen LogP contribution in [0.2, 0.25) is 0 Å². The molecule has 0 radical (unpaired) electrons. The molecule has 0 amide bonds. The van der Waals surface area contributed by atoms with Gasteiger partial charge in [0, 0.05) is 0 Å². The third-order valence-corrected chi connectivity index (χ3v) is 7.39. The number of ether oxygens (including phenoxy) is 2. The quantitative estimate of drug-likeness (QED) is 0.214. The number of para-hydroxylation sites is 3. The van der Waals surface area contributed by atoms with Gasteiger partial charge in [0.2, 0.25) is 0 Å². The van der Waals surface area contributed by atoms with Crippen molar-refractivity contribution in [3.8, 4) is 11.5 Å². The molecule has 0 fully saturated rings. The van der Waals surface area contributed by atoms with Gasteiger partial charge in [-0.15, -0.1) is 11.3 Å². The van der Waals surface area contributed by atoms with Crippen LogP contribution < -0.4 is 9.47 Å². The van der Waals surface area contributed by atoms with Crippen molar-refractivity contribution in [1.82, 2.24) is 15.0 Å². The highest BCUT2D eigenvalue weighted by Gasteiger charge is 2.30. The van der Waals surface area contributed by atoms with E-state index < -0.39 is 11.7 Å². The summed E-state index contributed by atoms with van der Waals surface area (Å²) in [7, 11) is 1.52. The Kier molecular flexibility index (Phi) is 6.73. The number of imidazole rings is 1. The van der Waals surface area contributed by atoms with Gasteiger partial charge in [-0.05, 0) is 65.7 Å². The Morgan fingerprint density at radius 2 is 1.68 bits per heavy atom. The molecule has 4 aromatic carbocycles. The fourth-order valence-electron chi connectivity index (χ4n) is 4.36. The highest BCUT2D eigenvalue weighted by Crippen LogP contribution is 2.35. The van der Waals surface area contributed by atoms with Gasteiger partial charge < -0.3 is 14.5 Å². The van der Waals surface area contributed by atoms with Crippen LogP contribution in [0.25, 0.3) is 32.9 Å². The van der Waals surface area contributed by atoms with E-state index in [1.165, 1.54) is 13.2 Å². The third kappa shape index (κ3) is 5.28. The molecule has 0 spiro atoms. The van der Waals surface area contributed by atoms with Gasteiger partial charge in [-0.2, -0.15) is 13.2 Å². The van der Waals surface area contributed by atoms with Gasteiger partial charge >= 0.3 is 6.18 Å². The van der Waals surface area contributed by atoms with Crippen molar-refractivity contribution < 1.29 is 22.6 Å². The smallest absolute Gasteiger partial charge is 0.416 e. The Morgan fingerprint density at radius 3 is 2.45 bits per heavy atom. The van der Waals surface area contributed by atoms with Crippen LogP contribution in [0, 0.1) is 0 Å². The molecule has 2 heterocycles. The first-order valence-corrected chi connectivity index (χ1v) is 13.2. The van der Waals surface area contributed by atoms with Crippen molar-refractivity contribution in [2.24, 2.45) is 0 Å². The molecule has 0 unspecified atom stereocenters. The van der Waals surface area contributed by atoms with Crippen molar-refractivity contribution in [2.75, 3.05) is 7.11 Å². The second kappa shape index (κ2) is 10.5. The lowest BCUT2D eigenvalue weighted by atomic mass is 10.1. The maximum Gasteiger partial charge on any atom is 0.416 e. The minimum absolute atomic E-state index is 0.0363. The average Bonchev–Trinajstić information content (AvgIpc) is 3.59. The summed E-state index contributed by atoms with van der Waals surface area (Å²) in [6.45, 7) is -0.0363. The first-order valence-electron chi connectivity index (χ1n) is 12.4. The number of thiazole rings is 1. The van der Waals surface area contributed by atoms with E-state index in [0.29, 0.717) is 22.9 Å². The number of fused-ring (bicyclic) bond motifs is 2. The fraction of sp³-hybridized carbons (Fsp3) is 0.0968. The third-order valence-electron chi connectivity index (χ3n) is 6.32. The molecule has 0 aliphatic heterocycles. The zero-order chi connectivity index (χ0) is 27.7. The number of methoxy groups -OCH3 is 1. The normalized spacial score (nSPS) is 12.2. The van der Waals surface area contributed by atoms with Crippen LogP contribution in [0.5, 0.6) is 11.5 Å². The number of aromatic nitrogens is 3. The highest BCUT2D eigenvalue weighted by molar-refractivity contribution is 7.19. The van der Waals surface area contributed by atoms with Gasteiger partial charge in [-0.1, -0.05) is 42.5 Å². The number of benzene rings is 4. The molecule has 6 aromatic rings. The maximum absolute atomic E-state index is 13.1. The largest absolute Gasteiger partial charge is 0.493 e. The highest BCUT2D eigenvalue weighted by atomic mass is 32.1. The summed E-state index contributed by atoms with van der Waals surface area (Å²) in [6, 6.07) is 26.3. The van der Waals surface area contributed by atoms with Crippen LogP contribution in [0.15, 0.2) is 91.0 Å². The monoisotopic (exact) mass is 557 g/mol. The van der Waals surface area contributed by atoms with Crippen molar-refractivity contribution in [3.63, 3.8) is 0 Å². The predicted molar refractivity (Wildman–Crippen MR) is 151 cm³/mol. The van der Waals surface area contributed by atoms with Crippen LogP contribution in [-0.4, -0.2) is 22.1 Å². The number of nitrogens with one attached hydrogen (secondary N) is 1. The van der Waals surface area contributed by atoms with Gasteiger partial charge in [0.15, 0.2) is 11.5 Å². The van der Waals surface area contributed by atoms with Crippen molar-refractivity contribution in [3.05, 3.63) is 119 Å². The molecule has 0 saturated heterocycles. The second-order valence-electron chi connectivity index (χ2n) is 9.04. The van der Waals surface area contributed by atoms with Crippen LogP contribution in [0.4, 0.5) is 13.2 Å². The maximum atomic E-state index is 13.1. The van der Waals surface area contributed by atoms with E-state index in [0.717, 1.165) is 49.5 Å². The number of hydrogen-bond acceptors (Lipinski definition) is 5. The zero-order valence-corrected chi connectivity index (χ0v) is 22.0. The van der Waals surface area contributed by atoms with Crippen LogP contribution in [0.3, 0.4) is 0 Å². The summed E-state index contributed by atoms with van der Waals surface area (Å²) < 4.78 is 51.7.